The summed E-state index contributed by atoms with van der Waals surface area (Å²) in [6, 6.07) is 16.3. The van der Waals surface area contributed by atoms with Crippen LogP contribution in [0.5, 0.6) is 0 Å². The van der Waals surface area contributed by atoms with E-state index in [1.54, 1.807) is 60.7 Å². The number of phosphoric acid groups is 1. The summed E-state index contributed by atoms with van der Waals surface area (Å²) in [6.45, 7) is 3.76. The molecule has 14 heteroatoms. The summed E-state index contributed by atoms with van der Waals surface area (Å²) in [6.07, 6.45) is -5.68. The smallest absolute Gasteiger partial charge is 0.463 e. The van der Waals surface area contributed by atoms with Gasteiger partial charge in [-0.3, -0.25) is 32.7 Å². The third-order valence-electron chi connectivity index (χ3n) is 5.77. The molecule has 42 heavy (non-hydrogen) atoms. The Kier molecular flexibility index (Phi) is 12.2. The average molecular weight is 608 g/mol. The fraction of sp³-hybridized carbons (Fsp3) is 0.429. The number of phosphoric ester groups is 1. The number of amides is 1. The third-order valence-corrected chi connectivity index (χ3v) is 7.13. The Morgan fingerprint density at radius 2 is 1.26 bits per heavy atom. The Labute approximate surface area is 243 Å². The van der Waals surface area contributed by atoms with Gasteiger partial charge >= 0.3 is 25.7 Å². The summed E-state index contributed by atoms with van der Waals surface area (Å²) in [4.78, 5) is 47.9. The van der Waals surface area contributed by atoms with Gasteiger partial charge < -0.3 is 24.3 Å². The molecule has 2 aromatic carbocycles. The highest BCUT2D eigenvalue weighted by Crippen LogP contribution is 2.53. The molecule has 1 fully saturated rings. The van der Waals surface area contributed by atoms with Crippen molar-refractivity contribution in [3.8, 4) is 0 Å². The standard InChI is InChI=1S/C28H34NO12P/c1-18(30)29-25-27(39-21(4)33)26(38-20(3)32)24(17-35-19(2)31)40-28(25)41-42(34,36-15-22-11-7-5-8-12-22)37-16-23-13-9-6-10-14-23/h5-14,24-28H,15-17H2,1-4H3,(H,29,30)/t24-,25-,26-,27-,28-/m1/s1. The van der Waals surface area contributed by atoms with E-state index in [9.17, 15) is 23.7 Å². The first-order valence-corrected chi connectivity index (χ1v) is 14.5. The maximum absolute atomic E-state index is 14.1. The van der Waals surface area contributed by atoms with Crippen molar-refractivity contribution in [1.29, 1.82) is 0 Å². The molecule has 1 saturated heterocycles. The van der Waals surface area contributed by atoms with Crippen molar-refractivity contribution in [2.45, 2.75) is 71.6 Å². The molecule has 13 nitrogen and oxygen atoms in total. The predicted octanol–water partition coefficient (Wildman–Crippen LogP) is 3.20. The lowest BCUT2D eigenvalue weighted by molar-refractivity contribution is -0.261. The van der Waals surface area contributed by atoms with E-state index < -0.39 is 68.9 Å². The van der Waals surface area contributed by atoms with Crippen LogP contribution < -0.4 is 5.32 Å². The van der Waals surface area contributed by atoms with Crippen LogP contribution in [0.4, 0.5) is 0 Å². The highest BCUT2D eigenvalue weighted by atomic mass is 31.2. The molecule has 1 N–H and O–H groups in total. The maximum atomic E-state index is 14.1. The summed E-state index contributed by atoms with van der Waals surface area (Å²) in [5.41, 5.74) is 1.32. The van der Waals surface area contributed by atoms with Gasteiger partial charge in [-0.1, -0.05) is 60.7 Å². The Bertz CT molecular complexity index is 1210. The van der Waals surface area contributed by atoms with E-state index >= 15 is 0 Å². The van der Waals surface area contributed by atoms with Crippen molar-refractivity contribution in [1.82, 2.24) is 5.32 Å². The SMILES string of the molecule is CC(=O)N[C@H]1[C@@H](OP(=O)(OCc2ccccc2)OCc2ccccc2)O[C@H](COC(C)=O)[C@@H](OC(C)=O)[C@@H]1OC(C)=O. The quantitative estimate of drug-likeness (QED) is 0.201. The Hall–Kier alpha value is -3.61. The molecule has 5 atom stereocenters. The molecule has 2 aromatic rings. The lowest BCUT2D eigenvalue weighted by atomic mass is 9.96. The van der Waals surface area contributed by atoms with Gasteiger partial charge in [-0.15, -0.1) is 0 Å². The van der Waals surface area contributed by atoms with Crippen LogP contribution in [0.25, 0.3) is 0 Å². The summed E-state index contributed by atoms with van der Waals surface area (Å²) >= 11 is 0. The van der Waals surface area contributed by atoms with Crippen molar-refractivity contribution >= 4 is 31.6 Å². The van der Waals surface area contributed by atoms with Gasteiger partial charge in [0.15, 0.2) is 18.5 Å². The predicted molar refractivity (Wildman–Crippen MR) is 145 cm³/mol. The average Bonchev–Trinajstić information content (AvgIpc) is 2.93. The van der Waals surface area contributed by atoms with E-state index in [1.165, 1.54) is 6.92 Å². The molecule has 0 aromatic heterocycles. The highest BCUT2D eigenvalue weighted by Gasteiger charge is 2.53. The van der Waals surface area contributed by atoms with Crippen molar-refractivity contribution in [2.75, 3.05) is 6.61 Å². The molecular formula is C28H34NO12P. The summed E-state index contributed by atoms with van der Waals surface area (Å²) in [5, 5.41) is 2.55. The molecule has 1 aliphatic rings. The van der Waals surface area contributed by atoms with E-state index in [1.807, 2.05) is 0 Å². The second-order valence-corrected chi connectivity index (χ2v) is 10.9. The van der Waals surface area contributed by atoms with Crippen LogP contribution >= 0.6 is 7.82 Å². The number of hydrogen-bond donors (Lipinski definition) is 1. The van der Waals surface area contributed by atoms with Crippen molar-refractivity contribution in [3.05, 3.63) is 71.8 Å². The fourth-order valence-electron chi connectivity index (χ4n) is 4.06. The number of esters is 3. The topological polar surface area (TPSA) is 162 Å². The minimum absolute atomic E-state index is 0.176. The normalized spacial score (nSPS) is 22.0. The van der Waals surface area contributed by atoms with Crippen LogP contribution in [0, 0.1) is 0 Å². The molecule has 1 heterocycles. The molecule has 228 valence electrons. The molecular weight excluding hydrogens is 573 g/mol. The van der Waals surface area contributed by atoms with E-state index in [4.69, 9.17) is 32.5 Å². The number of carbonyl (C=O) groups is 4. The number of benzene rings is 2. The first-order valence-electron chi connectivity index (χ1n) is 13.0. The largest absolute Gasteiger partial charge is 0.477 e. The highest BCUT2D eigenvalue weighted by molar-refractivity contribution is 7.48. The summed E-state index contributed by atoms with van der Waals surface area (Å²) in [5.74, 6) is -2.82. The number of rotatable bonds is 13. The van der Waals surface area contributed by atoms with Gasteiger partial charge in [-0.05, 0) is 11.1 Å². The van der Waals surface area contributed by atoms with Gasteiger partial charge in [0, 0.05) is 27.7 Å². The second kappa shape index (κ2) is 15.6. The first-order chi connectivity index (χ1) is 20.0. The van der Waals surface area contributed by atoms with Crippen LogP contribution in [0.15, 0.2) is 60.7 Å². The van der Waals surface area contributed by atoms with Crippen molar-refractivity contribution < 1.29 is 56.3 Å². The van der Waals surface area contributed by atoms with E-state index in [0.717, 1.165) is 20.8 Å². The first kappa shape index (κ1) is 32.9. The van der Waals surface area contributed by atoms with Crippen LogP contribution in [0.1, 0.15) is 38.8 Å². The zero-order valence-electron chi connectivity index (χ0n) is 23.6. The van der Waals surface area contributed by atoms with E-state index in [-0.39, 0.29) is 13.2 Å². The molecule has 0 unspecified atom stereocenters. The van der Waals surface area contributed by atoms with Crippen LogP contribution in [-0.2, 0) is 69.5 Å². The van der Waals surface area contributed by atoms with E-state index in [0.29, 0.717) is 11.1 Å². The fourth-order valence-corrected chi connectivity index (χ4v) is 5.31. The molecule has 0 saturated carbocycles. The summed E-state index contributed by atoms with van der Waals surface area (Å²) in [7, 11) is -4.50. The third kappa shape index (κ3) is 10.3. The minimum atomic E-state index is -4.50. The molecule has 1 aliphatic heterocycles. The van der Waals surface area contributed by atoms with Gasteiger partial charge in [0.25, 0.3) is 0 Å². The lowest BCUT2D eigenvalue weighted by Crippen LogP contribution is -2.66. The zero-order chi connectivity index (χ0) is 30.7. The van der Waals surface area contributed by atoms with Crippen molar-refractivity contribution in [3.63, 3.8) is 0 Å². The molecule has 1 amide bonds. The summed E-state index contributed by atoms with van der Waals surface area (Å²) < 4.78 is 53.1. The Morgan fingerprint density at radius 1 is 0.762 bits per heavy atom. The Balaban J connectivity index is 1.98. The number of ether oxygens (including phenoxy) is 4. The van der Waals surface area contributed by atoms with Gasteiger partial charge in [0.2, 0.25) is 5.91 Å². The number of carbonyl (C=O) groups excluding carboxylic acids is 4. The number of hydrogen-bond acceptors (Lipinski definition) is 12. The van der Waals surface area contributed by atoms with Crippen LogP contribution in [0.2, 0.25) is 0 Å². The maximum Gasteiger partial charge on any atom is 0.477 e. The number of nitrogens with one attached hydrogen (secondary N) is 1. The molecule has 0 bridgehead atoms. The van der Waals surface area contributed by atoms with Gasteiger partial charge in [-0.2, -0.15) is 0 Å². The van der Waals surface area contributed by atoms with Gasteiger partial charge in [0.1, 0.15) is 18.8 Å². The van der Waals surface area contributed by atoms with Gasteiger partial charge in [-0.25, -0.2) is 4.57 Å². The minimum Gasteiger partial charge on any atom is -0.463 e. The molecule has 0 spiro atoms. The van der Waals surface area contributed by atoms with Crippen LogP contribution in [-0.4, -0.2) is 61.1 Å². The lowest BCUT2D eigenvalue weighted by Gasteiger charge is -2.45. The van der Waals surface area contributed by atoms with Crippen LogP contribution in [0.3, 0.4) is 0 Å². The van der Waals surface area contributed by atoms with E-state index in [2.05, 4.69) is 5.32 Å². The molecule has 3 rings (SSSR count). The zero-order valence-corrected chi connectivity index (χ0v) is 24.5. The molecule has 0 radical (unpaired) electrons. The second-order valence-electron chi connectivity index (χ2n) is 9.29. The molecule has 0 aliphatic carbocycles. The monoisotopic (exact) mass is 607 g/mol. The van der Waals surface area contributed by atoms with Gasteiger partial charge in [0.05, 0.1) is 13.2 Å². The Morgan fingerprint density at radius 3 is 1.71 bits per heavy atom. The van der Waals surface area contributed by atoms with Crippen molar-refractivity contribution in [2.24, 2.45) is 0 Å².